The van der Waals surface area contributed by atoms with Crippen LogP contribution in [0.15, 0.2) is 48.8 Å². The number of nitrogens with two attached hydrogens (primary N) is 1. The van der Waals surface area contributed by atoms with E-state index in [1.54, 1.807) is 12.4 Å². The van der Waals surface area contributed by atoms with Gasteiger partial charge in [0.25, 0.3) is 0 Å². The van der Waals surface area contributed by atoms with Gasteiger partial charge in [-0.2, -0.15) is 0 Å². The van der Waals surface area contributed by atoms with Gasteiger partial charge in [0, 0.05) is 30.9 Å². The number of rotatable bonds is 6. The molecule has 1 aliphatic rings. The van der Waals surface area contributed by atoms with Gasteiger partial charge in [-0.1, -0.05) is 41.9 Å². The molecule has 0 spiro atoms. The van der Waals surface area contributed by atoms with E-state index in [9.17, 15) is 9.59 Å². The van der Waals surface area contributed by atoms with Gasteiger partial charge in [-0.15, -0.1) is 24.8 Å². The Labute approximate surface area is 203 Å². The van der Waals surface area contributed by atoms with E-state index in [0.717, 1.165) is 16.5 Å². The van der Waals surface area contributed by atoms with Crippen molar-refractivity contribution in [1.82, 2.24) is 20.2 Å². The minimum Gasteiger partial charge on any atom is -0.368 e. The highest BCUT2D eigenvalue weighted by Crippen LogP contribution is 2.33. The summed E-state index contributed by atoms with van der Waals surface area (Å²) in [6.07, 6.45) is 4.00. The molecule has 1 fully saturated rings. The van der Waals surface area contributed by atoms with E-state index < -0.39 is 18.0 Å². The first-order chi connectivity index (χ1) is 14.4. The molecule has 2 unspecified atom stereocenters. The third-order valence-corrected chi connectivity index (χ3v) is 6.13. The fourth-order valence-corrected chi connectivity index (χ4v) is 4.33. The third kappa shape index (κ3) is 5.35. The smallest absolute Gasteiger partial charge is 0.237 e. The maximum Gasteiger partial charge on any atom is 0.237 e. The fraction of sp³-hybridized carbons (Fsp3) is 0.318. The number of hydrogen-bond donors (Lipinski definition) is 3. The first kappa shape index (κ1) is 25.9. The number of aromatic amines is 1. The standard InChI is InChI=1S/C22H24ClN5O2.2ClH/c1-13(22(30)27-10-14-7-17-18(23)11-26-21(17)25-9-14)28-12-16(8-19(28)20(24)29)15-5-3-2-4-6-15;;/h2-7,9,11,13,16,19H,8,10,12H2,1H3,(H2,24,29)(H,25,26)(H,27,30);2*1H/t13-,16?,19?;;/m0../s1. The second-order valence-corrected chi connectivity index (χ2v) is 8.14. The summed E-state index contributed by atoms with van der Waals surface area (Å²) < 4.78 is 0. The van der Waals surface area contributed by atoms with Crippen LogP contribution in [0.25, 0.3) is 11.0 Å². The molecule has 7 nitrogen and oxygen atoms in total. The zero-order chi connectivity index (χ0) is 21.3. The van der Waals surface area contributed by atoms with E-state index in [0.29, 0.717) is 30.2 Å². The SMILES string of the molecule is C[C@@H](C(=O)NCc1cnc2[nH]cc(Cl)c2c1)N1CC(c2ccccc2)CC1C(N)=O.Cl.Cl. The minimum atomic E-state index is -0.483. The second kappa shape index (κ2) is 11.0. The predicted molar refractivity (Wildman–Crippen MR) is 130 cm³/mol. The molecule has 0 aliphatic carbocycles. The zero-order valence-corrected chi connectivity index (χ0v) is 19.8. The fourth-order valence-electron chi connectivity index (χ4n) is 4.13. The van der Waals surface area contributed by atoms with Gasteiger partial charge >= 0.3 is 0 Å². The Balaban J connectivity index is 0.00000181. The van der Waals surface area contributed by atoms with Crippen molar-refractivity contribution in [3.8, 4) is 0 Å². The van der Waals surface area contributed by atoms with Gasteiger partial charge in [0.05, 0.1) is 17.1 Å². The molecule has 1 saturated heterocycles. The van der Waals surface area contributed by atoms with E-state index in [1.807, 2.05) is 48.2 Å². The first-order valence-corrected chi connectivity index (χ1v) is 10.3. The van der Waals surface area contributed by atoms with E-state index in [2.05, 4.69) is 15.3 Å². The highest BCUT2D eigenvalue weighted by Gasteiger charge is 2.40. The molecule has 172 valence electrons. The lowest BCUT2D eigenvalue weighted by Gasteiger charge is -2.28. The highest BCUT2D eigenvalue weighted by atomic mass is 35.5. The maximum absolute atomic E-state index is 12.8. The second-order valence-electron chi connectivity index (χ2n) is 7.73. The monoisotopic (exact) mass is 497 g/mol. The maximum atomic E-state index is 12.8. The number of carbonyl (C=O) groups excluding carboxylic acids is 2. The van der Waals surface area contributed by atoms with Crippen molar-refractivity contribution in [2.75, 3.05) is 6.54 Å². The number of benzene rings is 1. The first-order valence-electron chi connectivity index (χ1n) is 9.93. The molecule has 1 aromatic carbocycles. The summed E-state index contributed by atoms with van der Waals surface area (Å²) in [4.78, 5) is 34.1. The van der Waals surface area contributed by atoms with E-state index in [4.69, 9.17) is 17.3 Å². The van der Waals surface area contributed by atoms with Crippen LogP contribution in [0.1, 0.15) is 30.4 Å². The Hall–Kier alpha value is -2.32. The predicted octanol–water partition coefficient (Wildman–Crippen LogP) is 3.41. The van der Waals surface area contributed by atoms with Crippen LogP contribution in [-0.2, 0) is 16.1 Å². The molecule has 1 aliphatic heterocycles. The third-order valence-electron chi connectivity index (χ3n) is 5.82. The molecule has 10 heteroatoms. The Bertz CT molecular complexity index is 1080. The quantitative estimate of drug-likeness (QED) is 0.484. The number of primary amides is 1. The number of nitrogens with one attached hydrogen (secondary N) is 2. The van der Waals surface area contributed by atoms with Crippen molar-refractivity contribution < 1.29 is 9.59 Å². The summed E-state index contributed by atoms with van der Waals surface area (Å²) in [6.45, 7) is 2.74. The highest BCUT2D eigenvalue weighted by molar-refractivity contribution is 6.35. The van der Waals surface area contributed by atoms with Gasteiger partial charge in [0.1, 0.15) is 5.65 Å². The van der Waals surface area contributed by atoms with Crippen molar-refractivity contribution in [3.63, 3.8) is 0 Å². The lowest BCUT2D eigenvalue weighted by atomic mass is 9.96. The van der Waals surface area contributed by atoms with Crippen molar-refractivity contribution >= 4 is 59.3 Å². The summed E-state index contributed by atoms with van der Waals surface area (Å²) in [5, 5.41) is 4.35. The van der Waals surface area contributed by atoms with Crippen LogP contribution in [-0.4, -0.2) is 45.3 Å². The summed E-state index contributed by atoms with van der Waals surface area (Å²) in [5.74, 6) is -0.388. The largest absolute Gasteiger partial charge is 0.368 e. The molecule has 0 bridgehead atoms. The minimum absolute atomic E-state index is 0. The van der Waals surface area contributed by atoms with Crippen molar-refractivity contribution in [3.05, 3.63) is 64.9 Å². The van der Waals surface area contributed by atoms with Crippen molar-refractivity contribution in [2.45, 2.75) is 37.9 Å². The molecule has 0 radical (unpaired) electrons. The summed E-state index contributed by atoms with van der Waals surface area (Å²) >= 11 is 6.14. The lowest BCUT2D eigenvalue weighted by Crippen LogP contribution is -2.51. The van der Waals surface area contributed by atoms with Crippen LogP contribution in [0, 0.1) is 0 Å². The van der Waals surface area contributed by atoms with Gasteiger partial charge in [0.15, 0.2) is 0 Å². The topological polar surface area (TPSA) is 104 Å². The van der Waals surface area contributed by atoms with Crippen LogP contribution >= 0.6 is 36.4 Å². The normalized spacial score (nSPS) is 19.1. The Morgan fingerprint density at radius 1 is 1.31 bits per heavy atom. The summed E-state index contributed by atoms with van der Waals surface area (Å²) in [7, 11) is 0. The molecule has 3 heterocycles. The Kier molecular flexibility index (Phi) is 8.92. The van der Waals surface area contributed by atoms with Gasteiger partial charge in [0.2, 0.25) is 11.8 Å². The van der Waals surface area contributed by atoms with Gasteiger partial charge < -0.3 is 16.0 Å². The van der Waals surface area contributed by atoms with Crippen LogP contribution in [0.3, 0.4) is 0 Å². The molecule has 32 heavy (non-hydrogen) atoms. The average molecular weight is 499 g/mol. The molecular weight excluding hydrogens is 473 g/mol. The molecule has 4 rings (SSSR count). The van der Waals surface area contributed by atoms with E-state index in [1.165, 1.54) is 0 Å². The number of likely N-dealkylation sites (tertiary alicyclic amines) is 1. The van der Waals surface area contributed by atoms with E-state index >= 15 is 0 Å². The van der Waals surface area contributed by atoms with Crippen LogP contribution in [0.4, 0.5) is 0 Å². The van der Waals surface area contributed by atoms with Crippen molar-refractivity contribution in [2.24, 2.45) is 5.73 Å². The molecule has 2 amide bonds. The molecule has 2 aromatic heterocycles. The Morgan fingerprint density at radius 2 is 2.03 bits per heavy atom. The number of amides is 2. The lowest BCUT2D eigenvalue weighted by molar-refractivity contribution is -0.129. The molecule has 3 atom stereocenters. The van der Waals surface area contributed by atoms with Crippen molar-refractivity contribution in [1.29, 1.82) is 0 Å². The number of H-pyrrole nitrogens is 1. The van der Waals surface area contributed by atoms with Gasteiger partial charge in [-0.25, -0.2) is 4.98 Å². The Morgan fingerprint density at radius 3 is 2.72 bits per heavy atom. The van der Waals surface area contributed by atoms with E-state index in [-0.39, 0.29) is 36.6 Å². The number of fused-ring (bicyclic) bond motifs is 1. The molecular formula is C22H26Cl3N5O2. The number of aromatic nitrogens is 2. The van der Waals surface area contributed by atoms with Gasteiger partial charge in [-0.3, -0.25) is 14.5 Å². The molecule has 0 saturated carbocycles. The zero-order valence-electron chi connectivity index (χ0n) is 17.5. The number of nitrogens with zero attached hydrogens (tertiary/aromatic N) is 2. The van der Waals surface area contributed by atoms with Crippen LogP contribution in [0.2, 0.25) is 5.02 Å². The average Bonchev–Trinajstić information content (AvgIpc) is 3.36. The molecule has 3 aromatic rings. The van der Waals surface area contributed by atoms with Crippen LogP contribution < -0.4 is 11.1 Å². The number of hydrogen-bond acceptors (Lipinski definition) is 4. The molecule has 4 N–H and O–H groups in total. The summed E-state index contributed by atoms with van der Waals surface area (Å²) in [6, 6.07) is 11.0. The van der Waals surface area contributed by atoms with Gasteiger partial charge in [-0.05, 0) is 36.5 Å². The van der Waals surface area contributed by atoms with Crippen LogP contribution in [0.5, 0.6) is 0 Å². The number of carbonyl (C=O) groups is 2. The number of pyridine rings is 1. The number of halogens is 3. The summed E-state index contributed by atoms with van der Waals surface area (Å²) in [5.41, 5.74) is 8.36.